The molecule has 0 spiro atoms. The minimum atomic E-state index is -0.574. The minimum absolute atomic E-state index is 0.0785. The van der Waals surface area contributed by atoms with E-state index in [9.17, 15) is 14.7 Å². The van der Waals surface area contributed by atoms with Crippen molar-refractivity contribution in [3.63, 3.8) is 0 Å². The Hall–Kier alpha value is -4.23. The predicted octanol–water partition coefficient (Wildman–Crippen LogP) is 5.47. The van der Waals surface area contributed by atoms with Crippen LogP contribution >= 0.6 is 0 Å². The Kier molecular flexibility index (Phi) is 8.71. The number of nitrogens with zero attached hydrogens (tertiary/aromatic N) is 2. The Bertz CT molecular complexity index is 1530. The van der Waals surface area contributed by atoms with Crippen molar-refractivity contribution in [1.82, 2.24) is 10.3 Å². The summed E-state index contributed by atoms with van der Waals surface area (Å²) in [4.78, 5) is 28.7. The van der Waals surface area contributed by atoms with Gasteiger partial charge in [-0.25, -0.2) is 10.2 Å². The van der Waals surface area contributed by atoms with Gasteiger partial charge < -0.3 is 14.4 Å². The number of nitrogens with one attached hydrogen (secondary N) is 1. The third-order valence-electron chi connectivity index (χ3n) is 7.70. The number of hydrazone groups is 1. The van der Waals surface area contributed by atoms with Gasteiger partial charge in [0.1, 0.15) is 11.3 Å². The zero-order valence-corrected chi connectivity index (χ0v) is 22.8. The lowest BCUT2D eigenvalue weighted by atomic mass is 9.78. The summed E-state index contributed by atoms with van der Waals surface area (Å²) in [6, 6.07) is 26.2. The van der Waals surface area contributed by atoms with Gasteiger partial charge in [-0.3, -0.25) is 4.79 Å². The molecular weight excluding hydrogens is 502 g/mol. The molecule has 3 aromatic carbocycles. The SMILES string of the molecule is C/C(=N/NC(=O)Cc1ccccc1)[C@H](CN1CCCCC1)[C@H](c1ccccc1)c1c(O)c2ccccc2oc1=O. The van der Waals surface area contributed by atoms with Crippen LogP contribution in [0.5, 0.6) is 5.75 Å². The highest BCUT2D eigenvalue weighted by Gasteiger charge is 2.35. The Morgan fingerprint density at radius 1 is 0.950 bits per heavy atom. The smallest absolute Gasteiger partial charge is 0.343 e. The summed E-state index contributed by atoms with van der Waals surface area (Å²) >= 11 is 0. The number of carbonyl (C=O) groups is 1. The van der Waals surface area contributed by atoms with Crippen LogP contribution in [0.25, 0.3) is 11.0 Å². The van der Waals surface area contributed by atoms with Gasteiger partial charge in [-0.15, -0.1) is 0 Å². The number of hydrogen-bond donors (Lipinski definition) is 2. The highest BCUT2D eigenvalue weighted by Crippen LogP contribution is 2.39. The second-order valence-corrected chi connectivity index (χ2v) is 10.5. The lowest BCUT2D eigenvalue weighted by Crippen LogP contribution is -2.40. The first-order valence-corrected chi connectivity index (χ1v) is 13.9. The zero-order chi connectivity index (χ0) is 27.9. The van der Waals surface area contributed by atoms with Crippen LogP contribution < -0.4 is 11.1 Å². The van der Waals surface area contributed by atoms with Crippen LogP contribution in [-0.2, 0) is 11.2 Å². The molecule has 1 aliphatic heterocycles. The first-order chi connectivity index (χ1) is 19.5. The molecule has 206 valence electrons. The average Bonchev–Trinajstić information content (AvgIpc) is 2.98. The molecule has 0 bridgehead atoms. The summed E-state index contributed by atoms with van der Waals surface area (Å²) in [5.41, 5.74) is 5.15. The Morgan fingerprint density at radius 3 is 2.33 bits per heavy atom. The molecule has 0 aliphatic carbocycles. The van der Waals surface area contributed by atoms with E-state index in [0.717, 1.165) is 37.1 Å². The largest absolute Gasteiger partial charge is 0.507 e. The molecule has 1 fully saturated rings. The molecule has 1 aromatic heterocycles. The standard InChI is InChI=1S/C33H35N3O4/c1-23(34-35-29(37)21-24-13-5-2-6-14-24)27(22-36-19-11-4-12-20-36)30(25-15-7-3-8-16-25)31-32(38)26-17-9-10-18-28(26)40-33(31)39/h2-3,5-10,13-18,27,30,38H,4,11-12,19-22H2,1H3,(H,35,37)/b34-23-/t27-,30-/m0/s1. The second kappa shape index (κ2) is 12.7. The summed E-state index contributed by atoms with van der Waals surface area (Å²) in [6.45, 7) is 4.40. The molecule has 0 unspecified atom stereocenters. The van der Waals surface area contributed by atoms with Crippen LogP contribution in [0, 0.1) is 5.92 Å². The van der Waals surface area contributed by atoms with E-state index in [2.05, 4.69) is 15.4 Å². The Balaban J connectivity index is 1.57. The molecular formula is C33H35N3O4. The van der Waals surface area contributed by atoms with E-state index in [-0.39, 0.29) is 29.6 Å². The molecule has 7 nitrogen and oxygen atoms in total. The highest BCUT2D eigenvalue weighted by molar-refractivity contribution is 5.89. The maximum Gasteiger partial charge on any atom is 0.343 e. The van der Waals surface area contributed by atoms with Crippen LogP contribution in [-0.4, -0.2) is 41.3 Å². The van der Waals surface area contributed by atoms with Crippen LogP contribution in [0.3, 0.4) is 0 Å². The number of para-hydroxylation sites is 1. The fourth-order valence-electron chi connectivity index (χ4n) is 5.64. The molecule has 2 heterocycles. The fraction of sp³-hybridized carbons (Fsp3) is 0.303. The second-order valence-electron chi connectivity index (χ2n) is 10.5. The predicted molar refractivity (Wildman–Crippen MR) is 158 cm³/mol. The number of likely N-dealkylation sites (tertiary alicyclic amines) is 1. The molecule has 0 radical (unpaired) electrons. The van der Waals surface area contributed by atoms with Gasteiger partial charge in [0.2, 0.25) is 5.91 Å². The summed E-state index contributed by atoms with van der Waals surface area (Å²) in [5.74, 6) is -1.15. The van der Waals surface area contributed by atoms with Crippen molar-refractivity contribution in [2.75, 3.05) is 19.6 Å². The molecule has 2 N–H and O–H groups in total. The number of aromatic hydroxyl groups is 1. The van der Waals surface area contributed by atoms with Gasteiger partial charge in [-0.05, 0) is 56.1 Å². The van der Waals surface area contributed by atoms with E-state index < -0.39 is 11.5 Å². The van der Waals surface area contributed by atoms with Crippen LogP contribution in [0.1, 0.15) is 48.8 Å². The van der Waals surface area contributed by atoms with Crippen molar-refractivity contribution in [2.45, 2.75) is 38.5 Å². The molecule has 5 rings (SSSR count). The molecule has 2 atom stereocenters. The first kappa shape index (κ1) is 27.3. The molecule has 7 heteroatoms. The monoisotopic (exact) mass is 537 g/mol. The molecule has 0 saturated carbocycles. The number of carbonyl (C=O) groups excluding carboxylic acids is 1. The average molecular weight is 538 g/mol. The van der Waals surface area contributed by atoms with Gasteiger partial charge in [-0.2, -0.15) is 5.10 Å². The lowest BCUT2D eigenvalue weighted by molar-refractivity contribution is -0.120. The fourth-order valence-corrected chi connectivity index (χ4v) is 5.64. The van der Waals surface area contributed by atoms with E-state index in [1.165, 1.54) is 6.42 Å². The number of rotatable bonds is 9. The van der Waals surface area contributed by atoms with Crippen molar-refractivity contribution in [3.8, 4) is 5.75 Å². The van der Waals surface area contributed by atoms with E-state index in [1.807, 2.05) is 73.7 Å². The first-order valence-electron chi connectivity index (χ1n) is 13.9. The van der Waals surface area contributed by atoms with E-state index in [0.29, 0.717) is 23.2 Å². The normalized spacial score (nSPS) is 16.0. The Labute approximate surface area is 234 Å². The maximum atomic E-state index is 13.5. The van der Waals surface area contributed by atoms with Crippen molar-refractivity contribution >= 4 is 22.6 Å². The molecule has 1 saturated heterocycles. The van der Waals surface area contributed by atoms with Crippen LogP contribution in [0.4, 0.5) is 0 Å². The molecule has 4 aromatic rings. The zero-order valence-electron chi connectivity index (χ0n) is 22.8. The summed E-state index contributed by atoms with van der Waals surface area (Å²) in [7, 11) is 0. The maximum absolute atomic E-state index is 13.5. The van der Waals surface area contributed by atoms with Gasteiger partial charge in [0.25, 0.3) is 0 Å². The lowest BCUT2D eigenvalue weighted by Gasteiger charge is -2.34. The van der Waals surface area contributed by atoms with Crippen LogP contribution in [0.2, 0.25) is 0 Å². The van der Waals surface area contributed by atoms with Gasteiger partial charge >= 0.3 is 5.63 Å². The van der Waals surface area contributed by atoms with Gasteiger partial charge in [-0.1, -0.05) is 79.2 Å². The van der Waals surface area contributed by atoms with E-state index in [4.69, 9.17) is 4.42 Å². The Morgan fingerprint density at radius 2 is 1.60 bits per heavy atom. The quantitative estimate of drug-likeness (QED) is 0.168. The van der Waals surface area contributed by atoms with Crippen molar-refractivity contribution in [2.24, 2.45) is 11.0 Å². The number of amides is 1. The molecule has 1 aliphatic rings. The summed E-state index contributed by atoms with van der Waals surface area (Å²) in [6.07, 6.45) is 3.62. The topological polar surface area (TPSA) is 95.1 Å². The van der Waals surface area contributed by atoms with Gasteiger partial charge in [0, 0.05) is 24.1 Å². The number of fused-ring (bicyclic) bond motifs is 1. The highest BCUT2D eigenvalue weighted by atomic mass is 16.4. The van der Waals surface area contributed by atoms with Crippen molar-refractivity contribution < 1.29 is 14.3 Å². The third-order valence-corrected chi connectivity index (χ3v) is 7.70. The van der Waals surface area contributed by atoms with Crippen LogP contribution in [0.15, 0.2) is 99.2 Å². The number of piperidine rings is 1. The van der Waals surface area contributed by atoms with Gasteiger partial charge in [0.05, 0.1) is 17.4 Å². The van der Waals surface area contributed by atoms with Gasteiger partial charge in [0.15, 0.2) is 0 Å². The molecule has 40 heavy (non-hydrogen) atoms. The third kappa shape index (κ3) is 6.32. The number of benzene rings is 3. The number of hydrogen-bond acceptors (Lipinski definition) is 6. The van der Waals surface area contributed by atoms with E-state index >= 15 is 0 Å². The van der Waals surface area contributed by atoms with E-state index in [1.54, 1.807) is 18.2 Å². The van der Waals surface area contributed by atoms with Crippen molar-refractivity contribution in [1.29, 1.82) is 0 Å². The molecule has 1 amide bonds. The summed E-state index contributed by atoms with van der Waals surface area (Å²) < 4.78 is 5.72. The minimum Gasteiger partial charge on any atom is -0.507 e. The van der Waals surface area contributed by atoms with Crippen molar-refractivity contribution in [3.05, 3.63) is 112 Å². The summed E-state index contributed by atoms with van der Waals surface area (Å²) in [5, 5.41) is 16.5.